The van der Waals surface area contributed by atoms with Gasteiger partial charge in [0.1, 0.15) is 0 Å². The Kier molecular flexibility index (Phi) is 16.9. The Hall–Kier alpha value is -0.570. The van der Waals surface area contributed by atoms with E-state index in [1.54, 1.807) is 0 Å². The number of aliphatic carboxylic acids is 1. The minimum absolute atomic E-state index is 0.316. The number of carboxylic acid groups (broad SMARTS) is 1. The van der Waals surface area contributed by atoms with Crippen LogP contribution in [0.4, 0.5) is 0 Å². The molecule has 0 aromatic heterocycles. The van der Waals surface area contributed by atoms with E-state index in [9.17, 15) is 4.79 Å². The Morgan fingerprint density at radius 2 is 1.43 bits per heavy atom. The maximum absolute atomic E-state index is 10.1. The van der Waals surface area contributed by atoms with Gasteiger partial charge in [0, 0.05) is 6.42 Å². The molecule has 0 amide bonds. The van der Waals surface area contributed by atoms with Gasteiger partial charge in [-0.05, 0) is 19.4 Å². The van der Waals surface area contributed by atoms with Gasteiger partial charge in [-0.25, -0.2) is 0 Å². The quantitative estimate of drug-likeness (QED) is 0.596. The van der Waals surface area contributed by atoms with Crippen molar-refractivity contribution in [2.45, 2.75) is 58.8 Å². The van der Waals surface area contributed by atoms with Gasteiger partial charge in [0.05, 0.1) is 0 Å². The third-order valence-electron chi connectivity index (χ3n) is 1.84. The number of rotatable bonds is 8. The van der Waals surface area contributed by atoms with Crippen molar-refractivity contribution in [1.82, 2.24) is 0 Å². The lowest BCUT2D eigenvalue weighted by Gasteiger charge is -1.98. The molecule has 86 valence electrons. The van der Waals surface area contributed by atoms with E-state index >= 15 is 0 Å². The van der Waals surface area contributed by atoms with Crippen LogP contribution in [0.25, 0.3) is 0 Å². The molecule has 0 fully saturated rings. The van der Waals surface area contributed by atoms with Crippen LogP contribution in [0.1, 0.15) is 58.8 Å². The first-order valence-corrected chi connectivity index (χ1v) is 5.69. The first kappa shape index (κ1) is 15.9. The fourth-order valence-electron chi connectivity index (χ4n) is 1.13. The van der Waals surface area contributed by atoms with Gasteiger partial charge in [0.25, 0.3) is 0 Å². The smallest absolute Gasteiger partial charge is 0.303 e. The van der Waals surface area contributed by atoms with Gasteiger partial charge >= 0.3 is 5.97 Å². The van der Waals surface area contributed by atoms with Crippen molar-refractivity contribution in [1.29, 1.82) is 0 Å². The average Bonchev–Trinajstić information content (AvgIpc) is 2.19. The van der Waals surface area contributed by atoms with Crippen LogP contribution in [0.15, 0.2) is 0 Å². The van der Waals surface area contributed by atoms with E-state index in [1.807, 2.05) is 13.8 Å². The molecule has 0 bridgehead atoms. The summed E-state index contributed by atoms with van der Waals surface area (Å²) in [5.41, 5.74) is 5.33. The van der Waals surface area contributed by atoms with Crippen molar-refractivity contribution in [3.8, 4) is 0 Å². The van der Waals surface area contributed by atoms with E-state index in [-0.39, 0.29) is 0 Å². The molecule has 0 aromatic carbocycles. The lowest BCUT2D eigenvalue weighted by Crippen LogP contribution is -1.97. The Bertz CT molecular complexity index is 116. The highest BCUT2D eigenvalue weighted by molar-refractivity contribution is 5.66. The number of unbranched alkanes of at least 4 members (excludes halogenated alkanes) is 5. The zero-order chi connectivity index (χ0) is 11.2. The van der Waals surface area contributed by atoms with E-state index in [0.717, 1.165) is 32.2 Å². The molecule has 3 N–H and O–H groups in total. The van der Waals surface area contributed by atoms with E-state index in [2.05, 4.69) is 0 Å². The maximum Gasteiger partial charge on any atom is 0.303 e. The summed E-state index contributed by atoms with van der Waals surface area (Å²) in [6.07, 6.45) is 6.79. The largest absolute Gasteiger partial charge is 0.481 e. The summed E-state index contributed by atoms with van der Waals surface area (Å²) in [6, 6.07) is 0. The first-order valence-electron chi connectivity index (χ1n) is 5.69. The Morgan fingerprint density at radius 3 is 1.86 bits per heavy atom. The molecule has 0 radical (unpaired) electrons. The first-order chi connectivity index (χ1) is 6.77. The van der Waals surface area contributed by atoms with Gasteiger partial charge in [0.2, 0.25) is 0 Å². The molecule has 0 heterocycles. The van der Waals surface area contributed by atoms with Gasteiger partial charge in [-0.2, -0.15) is 0 Å². The fourth-order valence-corrected chi connectivity index (χ4v) is 1.13. The summed E-state index contributed by atoms with van der Waals surface area (Å²) < 4.78 is 0. The summed E-state index contributed by atoms with van der Waals surface area (Å²) in [7, 11) is 0. The molecule has 0 aromatic rings. The third kappa shape index (κ3) is 17.5. The van der Waals surface area contributed by atoms with E-state index in [1.165, 1.54) is 12.8 Å². The van der Waals surface area contributed by atoms with Crippen molar-refractivity contribution in [3.05, 3.63) is 0 Å². The molecule has 0 aliphatic heterocycles. The number of carboxylic acids is 1. The molecule has 0 saturated carbocycles. The lowest BCUT2D eigenvalue weighted by molar-refractivity contribution is -0.137. The van der Waals surface area contributed by atoms with Gasteiger partial charge in [-0.1, -0.05) is 39.5 Å². The minimum atomic E-state index is -0.683. The zero-order valence-electron chi connectivity index (χ0n) is 9.59. The number of hydrogen-bond acceptors (Lipinski definition) is 2. The van der Waals surface area contributed by atoms with Gasteiger partial charge < -0.3 is 10.8 Å². The van der Waals surface area contributed by atoms with E-state index < -0.39 is 5.97 Å². The molecule has 3 heteroatoms. The number of carbonyl (C=O) groups is 1. The molecule has 0 aliphatic carbocycles. The second kappa shape index (κ2) is 14.9. The molecular weight excluding hydrogens is 178 g/mol. The van der Waals surface area contributed by atoms with Crippen LogP contribution in [-0.2, 0) is 4.79 Å². The molecule has 0 rings (SSSR count). The maximum atomic E-state index is 10.1. The molecule has 0 atom stereocenters. The third-order valence-corrected chi connectivity index (χ3v) is 1.84. The van der Waals surface area contributed by atoms with Crippen molar-refractivity contribution in [3.63, 3.8) is 0 Å². The van der Waals surface area contributed by atoms with Crippen LogP contribution < -0.4 is 5.73 Å². The summed E-state index contributed by atoms with van der Waals surface area (Å²) in [4.78, 5) is 10.1. The summed E-state index contributed by atoms with van der Waals surface area (Å²) in [5, 5.41) is 8.34. The summed E-state index contributed by atoms with van der Waals surface area (Å²) in [6.45, 7) is 4.77. The average molecular weight is 203 g/mol. The summed E-state index contributed by atoms with van der Waals surface area (Å²) in [5.74, 6) is -0.683. The molecule has 0 unspecified atom stereocenters. The molecular formula is C11H25NO2. The fraction of sp³-hybridized carbons (Fsp3) is 0.909. The highest BCUT2D eigenvalue weighted by Crippen LogP contribution is 2.06. The minimum Gasteiger partial charge on any atom is -0.481 e. The van der Waals surface area contributed by atoms with Crippen LogP contribution in [-0.4, -0.2) is 17.6 Å². The van der Waals surface area contributed by atoms with Crippen LogP contribution in [0.3, 0.4) is 0 Å². The van der Waals surface area contributed by atoms with Crippen LogP contribution >= 0.6 is 0 Å². The Balaban J connectivity index is 0. The normalized spacial score (nSPS) is 9.07. The van der Waals surface area contributed by atoms with Gasteiger partial charge in [0.15, 0.2) is 0 Å². The highest BCUT2D eigenvalue weighted by atomic mass is 16.4. The highest BCUT2D eigenvalue weighted by Gasteiger charge is 1.95. The van der Waals surface area contributed by atoms with Crippen LogP contribution in [0.2, 0.25) is 0 Å². The van der Waals surface area contributed by atoms with E-state index in [0.29, 0.717) is 6.42 Å². The van der Waals surface area contributed by atoms with Gasteiger partial charge in [-0.15, -0.1) is 0 Å². The predicted molar refractivity (Wildman–Crippen MR) is 60.4 cm³/mol. The SMILES string of the molecule is CC.NCCCCCCCCC(=O)O. The molecule has 14 heavy (non-hydrogen) atoms. The van der Waals surface area contributed by atoms with Crippen LogP contribution in [0, 0.1) is 0 Å². The topological polar surface area (TPSA) is 63.3 Å². The molecule has 0 aliphatic rings. The molecule has 3 nitrogen and oxygen atoms in total. The molecule has 0 saturated heterocycles. The predicted octanol–water partition coefficient (Wildman–Crippen LogP) is 2.79. The second-order valence-electron chi connectivity index (χ2n) is 3.05. The standard InChI is InChI=1S/C9H19NO2.C2H6/c10-8-6-4-2-1-3-5-7-9(11)12;1-2/h1-8,10H2,(H,11,12);1-2H3. The van der Waals surface area contributed by atoms with Crippen molar-refractivity contribution in [2.24, 2.45) is 5.73 Å². The van der Waals surface area contributed by atoms with Crippen LogP contribution in [0.5, 0.6) is 0 Å². The van der Waals surface area contributed by atoms with Crippen molar-refractivity contribution < 1.29 is 9.90 Å². The molecule has 0 spiro atoms. The number of hydrogen-bond donors (Lipinski definition) is 2. The zero-order valence-corrected chi connectivity index (χ0v) is 9.59. The lowest BCUT2D eigenvalue weighted by atomic mass is 10.1. The van der Waals surface area contributed by atoms with E-state index in [4.69, 9.17) is 10.8 Å². The van der Waals surface area contributed by atoms with Crippen molar-refractivity contribution >= 4 is 5.97 Å². The summed E-state index contributed by atoms with van der Waals surface area (Å²) >= 11 is 0. The van der Waals surface area contributed by atoms with Gasteiger partial charge in [-0.3, -0.25) is 4.79 Å². The second-order valence-corrected chi connectivity index (χ2v) is 3.05. The Labute approximate surface area is 87.7 Å². The van der Waals surface area contributed by atoms with Crippen molar-refractivity contribution in [2.75, 3.05) is 6.54 Å². The Morgan fingerprint density at radius 1 is 1.00 bits per heavy atom. The number of nitrogens with two attached hydrogens (primary N) is 1. The monoisotopic (exact) mass is 203 g/mol.